The lowest BCUT2D eigenvalue weighted by atomic mass is 10.1. The van der Waals surface area contributed by atoms with Gasteiger partial charge in [0.2, 0.25) is 0 Å². The van der Waals surface area contributed by atoms with Gasteiger partial charge in [-0.25, -0.2) is 8.78 Å². The molecule has 1 aliphatic heterocycles. The molecule has 126 valence electrons. The highest BCUT2D eigenvalue weighted by atomic mass is 19.1. The van der Waals surface area contributed by atoms with Gasteiger partial charge in [0.15, 0.2) is 6.29 Å². The molecule has 1 heterocycles. The summed E-state index contributed by atoms with van der Waals surface area (Å²) in [7, 11) is 0. The van der Waals surface area contributed by atoms with Crippen molar-refractivity contribution in [2.24, 2.45) is 5.92 Å². The van der Waals surface area contributed by atoms with Gasteiger partial charge in [-0.1, -0.05) is 29.2 Å². The van der Waals surface area contributed by atoms with Gasteiger partial charge in [-0.2, -0.15) is 0 Å². The summed E-state index contributed by atoms with van der Waals surface area (Å²) >= 11 is 0. The molecular formula is C17H32F2O2. The van der Waals surface area contributed by atoms with E-state index < -0.39 is 11.6 Å². The number of rotatable bonds is 0. The largest absolute Gasteiger partial charge is 0.353 e. The first kappa shape index (κ1) is 25.0. The van der Waals surface area contributed by atoms with Gasteiger partial charge in [0.05, 0.1) is 13.2 Å². The van der Waals surface area contributed by atoms with Crippen LogP contribution in [0.4, 0.5) is 8.78 Å². The van der Waals surface area contributed by atoms with Crippen molar-refractivity contribution >= 4 is 0 Å². The van der Waals surface area contributed by atoms with E-state index in [4.69, 9.17) is 9.47 Å². The fourth-order valence-corrected chi connectivity index (χ4v) is 1.47. The van der Waals surface area contributed by atoms with E-state index in [9.17, 15) is 8.78 Å². The van der Waals surface area contributed by atoms with Crippen LogP contribution in [-0.2, 0) is 9.47 Å². The molecule has 1 fully saturated rings. The molecule has 0 bridgehead atoms. The molecule has 0 aromatic heterocycles. The van der Waals surface area contributed by atoms with E-state index in [1.54, 1.807) is 6.92 Å². The van der Waals surface area contributed by atoms with Crippen LogP contribution >= 0.6 is 0 Å². The Kier molecular flexibility index (Phi) is 13.8. The van der Waals surface area contributed by atoms with Crippen molar-refractivity contribution in [3.8, 4) is 0 Å². The van der Waals surface area contributed by atoms with E-state index in [2.05, 4.69) is 6.92 Å². The number of ether oxygens (including phenoxy) is 2. The average Bonchev–Trinajstić information content (AvgIpc) is 2.31. The summed E-state index contributed by atoms with van der Waals surface area (Å²) in [6.07, 6.45) is 0.0196. The van der Waals surface area contributed by atoms with Gasteiger partial charge in [0.25, 0.3) is 0 Å². The smallest absolute Gasteiger partial charge is 0.154 e. The molecule has 1 saturated heterocycles. The molecule has 0 unspecified atom stereocenters. The summed E-state index contributed by atoms with van der Waals surface area (Å²) in [6.45, 7) is 8.82. The molecule has 0 saturated carbocycles. The molecule has 1 aromatic rings. The van der Waals surface area contributed by atoms with Gasteiger partial charge in [-0.15, -0.1) is 0 Å². The van der Waals surface area contributed by atoms with Crippen LogP contribution in [0.3, 0.4) is 0 Å². The maximum Gasteiger partial charge on any atom is 0.154 e. The number of hydrogen-bond donors (Lipinski definition) is 0. The Labute approximate surface area is 129 Å². The Bertz CT molecular complexity index is 353. The van der Waals surface area contributed by atoms with Gasteiger partial charge in [-0.05, 0) is 38.5 Å². The van der Waals surface area contributed by atoms with Crippen LogP contribution in [-0.4, -0.2) is 19.5 Å². The standard InChI is InChI=1S/C8H8F2.C6H12O2.3CH4/c1-5-3-7(9)6(2)8(10)4-5;1-5-3-7-6(2)8-4-5;;;/h3-4H,1-2H3;5-6H,3-4H2,1-2H3;3*1H4. The highest BCUT2D eigenvalue weighted by Crippen LogP contribution is 2.12. The van der Waals surface area contributed by atoms with Crippen molar-refractivity contribution in [2.45, 2.75) is 56.3 Å². The minimum Gasteiger partial charge on any atom is -0.353 e. The lowest BCUT2D eigenvalue weighted by Gasteiger charge is -2.24. The Morgan fingerprint density at radius 2 is 1.29 bits per heavy atom. The van der Waals surface area contributed by atoms with Crippen molar-refractivity contribution in [1.29, 1.82) is 0 Å². The van der Waals surface area contributed by atoms with Crippen molar-refractivity contribution in [3.63, 3.8) is 0 Å². The lowest BCUT2D eigenvalue weighted by Crippen LogP contribution is -2.27. The summed E-state index contributed by atoms with van der Waals surface area (Å²) in [6, 6.07) is 2.64. The average molecular weight is 306 g/mol. The van der Waals surface area contributed by atoms with Crippen molar-refractivity contribution in [3.05, 3.63) is 34.9 Å². The maximum atomic E-state index is 12.6. The number of hydrogen-bond acceptors (Lipinski definition) is 2. The van der Waals surface area contributed by atoms with E-state index in [0.29, 0.717) is 11.5 Å². The Morgan fingerprint density at radius 1 is 0.905 bits per heavy atom. The number of benzene rings is 1. The third kappa shape index (κ3) is 8.79. The van der Waals surface area contributed by atoms with Gasteiger partial charge in [-0.3, -0.25) is 0 Å². The summed E-state index contributed by atoms with van der Waals surface area (Å²) < 4.78 is 35.5. The van der Waals surface area contributed by atoms with Crippen molar-refractivity contribution in [2.75, 3.05) is 13.2 Å². The van der Waals surface area contributed by atoms with Crippen LogP contribution in [0.5, 0.6) is 0 Å². The third-order valence-corrected chi connectivity index (χ3v) is 2.66. The zero-order valence-electron chi connectivity index (χ0n) is 11.3. The van der Waals surface area contributed by atoms with Crippen molar-refractivity contribution in [1.82, 2.24) is 0 Å². The second kappa shape index (κ2) is 11.6. The predicted octanol–water partition coefficient (Wildman–Crippen LogP) is 5.51. The van der Waals surface area contributed by atoms with Gasteiger partial charge < -0.3 is 9.47 Å². The molecule has 0 amide bonds. The molecule has 0 spiro atoms. The molecule has 4 heteroatoms. The van der Waals surface area contributed by atoms with Crippen LogP contribution in [0, 0.1) is 31.4 Å². The Hall–Kier alpha value is -1.00. The maximum absolute atomic E-state index is 12.6. The molecule has 0 N–H and O–H groups in total. The van der Waals surface area contributed by atoms with E-state index in [-0.39, 0.29) is 34.1 Å². The van der Waals surface area contributed by atoms with Gasteiger partial charge in [0, 0.05) is 11.5 Å². The first-order valence-electron chi connectivity index (χ1n) is 6.05. The zero-order chi connectivity index (χ0) is 13.7. The highest BCUT2D eigenvalue weighted by molar-refractivity contribution is 5.23. The Morgan fingerprint density at radius 3 is 1.62 bits per heavy atom. The highest BCUT2D eigenvalue weighted by Gasteiger charge is 2.13. The topological polar surface area (TPSA) is 18.5 Å². The third-order valence-electron chi connectivity index (χ3n) is 2.66. The normalized spacial score (nSPS) is 19.9. The molecule has 2 rings (SSSR count). The summed E-state index contributed by atoms with van der Waals surface area (Å²) in [5.74, 6) is -0.374. The van der Waals surface area contributed by atoms with E-state index in [1.165, 1.54) is 19.1 Å². The molecule has 21 heavy (non-hydrogen) atoms. The SMILES string of the molecule is C.C.C.CC1COC(C)OC1.Cc1cc(F)c(C)c(F)c1. The molecular weight excluding hydrogens is 274 g/mol. The monoisotopic (exact) mass is 306 g/mol. The van der Waals surface area contributed by atoms with Gasteiger partial charge >= 0.3 is 0 Å². The fraction of sp³-hybridized carbons (Fsp3) is 0.647. The molecule has 2 nitrogen and oxygen atoms in total. The van der Waals surface area contributed by atoms with E-state index in [1.807, 2.05) is 6.92 Å². The van der Waals surface area contributed by atoms with Crippen LogP contribution < -0.4 is 0 Å². The second-order valence-electron chi connectivity index (χ2n) is 4.69. The fourth-order valence-electron chi connectivity index (χ4n) is 1.47. The first-order chi connectivity index (χ1) is 8.40. The van der Waals surface area contributed by atoms with Crippen LogP contribution in [0.2, 0.25) is 0 Å². The molecule has 0 radical (unpaired) electrons. The first-order valence-corrected chi connectivity index (χ1v) is 6.05. The van der Waals surface area contributed by atoms with Crippen LogP contribution in [0.25, 0.3) is 0 Å². The predicted molar refractivity (Wildman–Crippen MR) is 86.6 cm³/mol. The minimum absolute atomic E-state index is 0. The number of aryl methyl sites for hydroxylation is 1. The minimum atomic E-state index is -0.475. The van der Waals surface area contributed by atoms with Crippen LogP contribution in [0.15, 0.2) is 12.1 Å². The quantitative estimate of drug-likeness (QED) is 0.629. The lowest BCUT2D eigenvalue weighted by molar-refractivity contribution is -0.187. The zero-order valence-corrected chi connectivity index (χ0v) is 11.3. The number of halogens is 2. The van der Waals surface area contributed by atoms with Gasteiger partial charge in [0.1, 0.15) is 11.6 Å². The Balaban J connectivity index is -0.000000274. The van der Waals surface area contributed by atoms with Crippen LogP contribution in [0.1, 0.15) is 47.3 Å². The molecule has 1 aromatic carbocycles. The second-order valence-corrected chi connectivity index (χ2v) is 4.69. The van der Waals surface area contributed by atoms with E-state index >= 15 is 0 Å². The summed E-state index contributed by atoms with van der Waals surface area (Å²) in [5.41, 5.74) is 0.700. The molecule has 0 atom stereocenters. The van der Waals surface area contributed by atoms with E-state index in [0.717, 1.165) is 13.2 Å². The summed E-state index contributed by atoms with van der Waals surface area (Å²) in [4.78, 5) is 0. The molecule has 1 aliphatic rings. The molecule has 0 aliphatic carbocycles. The van der Waals surface area contributed by atoms with Crippen molar-refractivity contribution < 1.29 is 18.3 Å². The summed E-state index contributed by atoms with van der Waals surface area (Å²) in [5, 5.41) is 0.